The van der Waals surface area contributed by atoms with Crippen LogP contribution in [0, 0.1) is 0 Å². The molecule has 1 aromatic carbocycles. The number of unbranched alkanes of at least 4 members (excludes halogenated alkanes) is 3. The van der Waals surface area contributed by atoms with E-state index < -0.39 is 0 Å². The number of benzene rings is 1. The van der Waals surface area contributed by atoms with Crippen LogP contribution in [-0.4, -0.2) is 13.2 Å². The van der Waals surface area contributed by atoms with Crippen LogP contribution in [0.15, 0.2) is 18.2 Å². The molecule has 0 bridgehead atoms. The summed E-state index contributed by atoms with van der Waals surface area (Å²) in [6.07, 6.45) is 7.01. The van der Waals surface area contributed by atoms with Crippen LogP contribution in [0.25, 0.3) is 0 Å². The number of nitrogens with two attached hydrogens (primary N) is 1. The van der Waals surface area contributed by atoms with Crippen molar-refractivity contribution in [2.75, 3.05) is 13.2 Å². The quantitative estimate of drug-likeness (QED) is 0.794. The molecule has 19 heavy (non-hydrogen) atoms. The van der Waals surface area contributed by atoms with E-state index in [-0.39, 0.29) is 6.04 Å². The second kappa shape index (κ2) is 7.39. The summed E-state index contributed by atoms with van der Waals surface area (Å²) in [5, 5.41) is 0. The van der Waals surface area contributed by atoms with Crippen molar-refractivity contribution in [3.05, 3.63) is 23.8 Å². The molecular weight excluding hydrogens is 238 g/mol. The summed E-state index contributed by atoms with van der Waals surface area (Å²) >= 11 is 0. The van der Waals surface area contributed by atoms with Gasteiger partial charge in [0.2, 0.25) is 0 Å². The van der Waals surface area contributed by atoms with Crippen molar-refractivity contribution in [1.82, 2.24) is 0 Å². The Balaban J connectivity index is 1.94. The zero-order valence-corrected chi connectivity index (χ0v) is 11.9. The predicted molar refractivity (Wildman–Crippen MR) is 77.7 cm³/mol. The molecular formula is C16H25NO2. The second-order valence-electron chi connectivity index (χ2n) is 5.21. The fourth-order valence-electron chi connectivity index (χ4n) is 2.37. The van der Waals surface area contributed by atoms with Gasteiger partial charge in [0.1, 0.15) is 0 Å². The van der Waals surface area contributed by atoms with E-state index in [4.69, 9.17) is 15.2 Å². The molecule has 0 saturated heterocycles. The molecule has 0 aromatic heterocycles. The van der Waals surface area contributed by atoms with Gasteiger partial charge in [0.25, 0.3) is 0 Å². The smallest absolute Gasteiger partial charge is 0.161 e. The van der Waals surface area contributed by atoms with Crippen LogP contribution in [0.4, 0.5) is 0 Å². The highest BCUT2D eigenvalue weighted by molar-refractivity contribution is 5.44. The zero-order valence-electron chi connectivity index (χ0n) is 11.9. The van der Waals surface area contributed by atoms with E-state index in [1.165, 1.54) is 25.7 Å². The Morgan fingerprint density at radius 2 is 1.89 bits per heavy atom. The van der Waals surface area contributed by atoms with Gasteiger partial charge in [-0.2, -0.15) is 0 Å². The molecule has 3 nitrogen and oxygen atoms in total. The van der Waals surface area contributed by atoms with Gasteiger partial charge in [-0.3, -0.25) is 0 Å². The Morgan fingerprint density at radius 3 is 2.68 bits per heavy atom. The van der Waals surface area contributed by atoms with Crippen LogP contribution in [0.3, 0.4) is 0 Å². The van der Waals surface area contributed by atoms with E-state index in [0.29, 0.717) is 0 Å². The van der Waals surface area contributed by atoms with Crippen molar-refractivity contribution in [3.63, 3.8) is 0 Å². The van der Waals surface area contributed by atoms with E-state index in [2.05, 4.69) is 13.0 Å². The molecule has 0 saturated carbocycles. The molecule has 1 aromatic rings. The summed E-state index contributed by atoms with van der Waals surface area (Å²) in [5.41, 5.74) is 7.41. The zero-order chi connectivity index (χ0) is 13.5. The van der Waals surface area contributed by atoms with Crippen molar-refractivity contribution in [3.8, 4) is 11.5 Å². The topological polar surface area (TPSA) is 44.5 Å². The summed E-state index contributed by atoms with van der Waals surface area (Å²) < 4.78 is 11.3. The summed E-state index contributed by atoms with van der Waals surface area (Å²) in [5.74, 6) is 1.69. The average molecular weight is 263 g/mol. The van der Waals surface area contributed by atoms with Crippen LogP contribution in [0.2, 0.25) is 0 Å². The molecule has 2 rings (SSSR count). The van der Waals surface area contributed by atoms with Crippen LogP contribution >= 0.6 is 0 Å². The number of hydrogen-bond acceptors (Lipinski definition) is 3. The van der Waals surface area contributed by atoms with E-state index in [9.17, 15) is 0 Å². The van der Waals surface area contributed by atoms with Crippen molar-refractivity contribution < 1.29 is 9.47 Å². The highest BCUT2D eigenvalue weighted by Crippen LogP contribution is 2.32. The summed E-state index contributed by atoms with van der Waals surface area (Å²) in [7, 11) is 0. The van der Waals surface area contributed by atoms with Crippen molar-refractivity contribution in [2.45, 2.75) is 51.5 Å². The summed E-state index contributed by atoms with van der Waals surface area (Å²) in [6, 6.07) is 6.21. The van der Waals surface area contributed by atoms with Gasteiger partial charge in [0, 0.05) is 12.5 Å². The predicted octanol–water partition coefficient (Wildman–Crippen LogP) is 3.82. The van der Waals surface area contributed by atoms with Gasteiger partial charge in [-0.1, -0.05) is 38.7 Å². The monoisotopic (exact) mass is 263 g/mol. The largest absolute Gasteiger partial charge is 0.490 e. The van der Waals surface area contributed by atoms with E-state index in [0.717, 1.165) is 43.1 Å². The van der Waals surface area contributed by atoms with Crippen LogP contribution in [0.1, 0.15) is 57.1 Å². The molecule has 106 valence electrons. The van der Waals surface area contributed by atoms with Crippen LogP contribution in [0.5, 0.6) is 11.5 Å². The molecule has 1 aliphatic heterocycles. The lowest BCUT2D eigenvalue weighted by molar-refractivity contribution is 0.297. The van der Waals surface area contributed by atoms with Gasteiger partial charge in [-0.05, 0) is 24.1 Å². The van der Waals surface area contributed by atoms with Crippen molar-refractivity contribution >= 4 is 0 Å². The molecule has 0 aliphatic carbocycles. The first-order valence-electron chi connectivity index (χ1n) is 7.46. The fraction of sp³-hybridized carbons (Fsp3) is 0.625. The van der Waals surface area contributed by atoms with Gasteiger partial charge in [0.15, 0.2) is 11.5 Å². The van der Waals surface area contributed by atoms with Gasteiger partial charge in [-0.25, -0.2) is 0 Å². The van der Waals surface area contributed by atoms with Crippen molar-refractivity contribution in [1.29, 1.82) is 0 Å². The second-order valence-corrected chi connectivity index (χ2v) is 5.21. The van der Waals surface area contributed by atoms with Gasteiger partial charge >= 0.3 is 0 Å². The molecule has 3 heteroatoms. The minimum absolute atomic E-state index is 0.106. The maximum absolute atomic E-state index is 6.25. The van der Waals surface area contributed by atoms with Gasteiger partial charge < -0.3 is 15.2 Å². The molecule has 1 atom stereocenters. The molecule has 0 amide bonds. The average Bonchev–Trinajstić information content (AvgIpc) is 2.67. The third-order valence-electron chi connectivity index (χ3n) is 3.57. The Morgan fingerprint density at radius 1 is 1.11 bits per heavy atom. The Kier molecular flexibility index (Phi) is 5.52. The summed E-state index contributed by atoms with van der Waals surface area (Å²) in [4.78, 5) is 0. The minimum Gasteiger partial charge on any atom is -0.490 e. The van der Waals surface area contributed by atoms with E-state index in [1.807, 2.05) is 12.1 Å². The lowest BCUT2D eigenvalue weighted by Crippen LogP contribution is -2.10. The highest BCUT2D eigenvalue weighted by Gasteiger charge is 2.13. The Bertz CT molecular complexity index is 392. The first-order chi connectivity index (χ1) is 9.31. The SMILES string of the molecule is CCCCCCC(N)c1ccc2c(c1)OCCCO2. The Hall–Kier alpha value is -1.22. The number of rotatable bonds is 6. The van der Waals surface area contributed by atoms with Gasteiger partial charge in [-0.15, -0.1) is 0 Å². The molecule has 0 spiro atoms. The fourth-order valence-corrected chi connectivity index (χ4v) is 2.37. The molecule has 2 N–H and O–H groups in total. The standard InChI is InChI=1S/C16H25NO2/c1-2-3-4-5-7-14(17)13-8-9-15-16(12-13)19-11-6-10-18-15/h8-9,12,14H,2-7,10-11,17H2,1H3. The number of hydrogen-bond donors (Lipinski definition) is 1. The highest BCUT2D eigenvalue weighted by atomic mass is 16.5. The molecule has 0 fully saturated rings. The lowest BCUT2D eigenvalue weighted by Gasteiger charge is -2.14. The maximum atomic E-state index is 6.25. The maximum Gasteiger partial charge on any atom is 0.161 e. The minimum atomic E-state index is 0.106. The van der Waals surface area contributed by atoms with Crippen LogP contribution in [-0.2, 0) is 0 Å². The third kappa shape index (κ3) is 4.13. The van der Waals surface area contributed by atoms with E-state index >= 15 is 0 Å². The van der Waals surface area contributed by atoms with Crippen LogP contribution < -0.4 is 15.2 Å². The van der Waals surface area contributed by atoms with E-state index in [1.54, 1.807) is 0 Å². The lowest BCUT2D eigenvalue weighted by atomic mass is 10.0. The molecule has 1 unspecified atom stereocenters. The molecule has 1 heterocycles. The normalized spacial score (nSPS) is 15.9. The third-order valence-corrected chi connectivity index (χ3v) is 3.57. The molecule has 1 aliphatic rings. The summed E-state index contributed by atoms with van der Waals surface area (Å²) in [6.45, 7) is 3.68. The number of ether oxygens (including phenoxy) is 2. The van der Waals surface area contributed by atoms with Gasteiger partial charge in [0.05, 0.1) is 13.2 Å². The number of fused-ring (bicyclic) bond motifs is 1. The molecule has 0 radical (unpaired) electrons. The first kappa shape index (κ1) is 14.2. The first-order valence-corrected chi connectivity index (χ1v) is 7.46. The Labute approximate surface area is 116 Å². The van der Waals surface area contributed by atoms with Crippen molar-refractivity contribution in [2.24, 2.45) is 5.73 Å².